The fourth-order valence-electron chi connectivity index (χ4n) is 1.69. The van der Waals surface area contributed by atoms with Crippen LogP contribution in [0, 0.1) is 11.8 Å². The van der Waals surface area contributed by atoms with E-state index in [1.54, 1.807) is 0 Å². The molecule has 1 nitrogen and oxygen atoms in total. The van der Waals surface area contributed by atoms with Crippen molar-refractivity contribution < 1.29 is 0 Å². The minimum Gasteiger partial charge on any atom is -0.316 e. The highest BCUT2D eigenvalue weighted by Crippen LogP contribution is 2.20. The first-order chi connectivity index (χ1) is 5.34. The summed E-state index contributed by atoms with van der Waals surface area (Å²) < 4.78 is 0. The van der Waals surface area contributed by atoms with Gasteiger partial charge in [-0.1, -0.05) is 19.4 Å². The normalized spacial score (nSPS) is 29.0. The molecule has 0 spiro atoms. The topological polar surface area (TPSA) is 12.0 Å². The summed E-state index contributed by atoms with van der Waals surface area (Å²) in [4.78, 5) is 0. The minimum atomic E-state index is 0.681. The summed E-state index contributed by atoms with van der Waals surface area (Å²) in [5, 5.41) is 3.46. The van der Waals surface area contributed by atoms with Crippen LogP contribution < -0.4 is 5.32 Å². The average Bonchev–Trinajstić information content (AvgIpc) is 2.30. The Kier molecular flexibility index (Phi) is 3.64. The van der Waals surface area contributed by atoms with E-state index in [2.05, 4.69) is 24.9 Å². The zero-order valence-corrected chi connectivity index (χ0v) is 7.47. The Morgan fingerprint density at radius 3 is 3.09 bits per heavy atom. The lowest BCUT2D eigenvalue weighted by Crippen LogP contribution is -2.24. The summed E-state index contributed by atoms with van der Waals surface area (Å²) in [6, 6.07) is 0. The molecular formula is C10H19N. The van der Waals surface area contributed by atoms with Crippen molar-refractivity contribution in [2.75, 3.05) is 13.1 Å². The Hall–Kier alpha value is -0.300. The van der Waals surface area contributed by atoms with Gasteiger partial charge < -0.3 is 5.32 Å². The lowest BCUT2D eigenvalue weighted by atomic mass is 9.90. The van der Waals surface area contributed by atoms with E-state index in [9.17, 15) is 0 Å². The molecule has 1 aliphatic heterocycles. The maximum atomic E-state index is 3.84. The van der Waals surface area contributed by atoms with Gasteiger partial charge in [0.05, 0.1) is 0 Å². The van der Waals surface area contributed by atoms with Gasteiger partial charge in [-0.2, -0.15) is 0 Å². The van der Waals surface area contributed by atoms with Crippen LogP contribution in [0.4, 0.5) is 0 Å². The number of hydrogen-bond acceptors (Lipinski definition) is 1. The van der Waals surface area contributed by atoms with Gasteiger partial charge >= 0.3 is 0 Å². The molecule has 0 bridgehead atoms. The molecule has 1 heterocycles. The van der Waals surface area contributed by atoms with Gasteiger partial charge in [0, 0.05) is 0 Å². The van der Waals surface area contributed by atoms with E-state index < -0.39 is 0 Å². The van der Waals surface area contributed by atoms with Crippen molar-refractivity contribution >= 4 is 0 Å². The first-order valence-electron chi connectivity index (χ1n) is 4.68. The zero-order valence-electron chi connectivity index (χ0n) is 7.47. The van der Waals surface area contributed by atoms with Crippen LogP contribution in [-0.2, 0) is 0 Å². The number of rotatable bonds is 2. The van der Waals surface area contributed by atoms with Crippen LogP contribution in [0.15, 0.2) is 12.7 Å². The second-order valence-electron chi connectivity index (χ2n) is 3.55. The van der Waals surface area contributed by atoms with Crippen LogP contribution in [0.1, 0.15) is 26.2 Å². The molecule has 2 atom stereocenters. The molecular weight excluding hydrogens is 134 g/mol. The largest absolute Gasteiger partial charge is 0.316 e. The highest BCUT2D eigenvalue weighted by Gasteiger charge is 2.15. The standard InChI is InChI=1S/C10H19N/c1-3-9(2)10-6-4-5-7-11-8-10/h3,9-11H,1,4-8H2,2H3. The van der Waals surface area contributed by atoms with Gasteiger partial charge in [-0.25, -0.2) is 0 Å². The van der Waals surface area contributed by atoms with Crippen molar-refractivity contribution in [2.24, 2.45) is 11.8 Å². The Labute approximate surface area is 69.9 Å². The summed E-state index contributed by atoms with van der Waals surface area (Å²) >= 11 is 0. The quantitative estimate of drug-likeness (QED) is 0.600. The molecule has 1 fully saturated rings. The fraction of sp³-hybridized carbons (Fsp3) is 0.800. The Bertz CT molecular complexity index is 112. The number of hydrogen-bond donors (Lipinski definition) is 1. The first-order valence-corrected chi connectivity index (χ1v) is 4.68. The van der Waals surface area contributed by atoms with E-state index in [-0.39, 0.29) is 0 Å². The van der Waals surface area contributed by atoms with Crippen molar-refractivity contribution in [3.63, 3.8) is 0 Å². The predicted octanol–water partition coefficient (Wildman–Crippen LogP) is 2.20. The van der Waals surface area contributed by atoms with E-state index in [1.165, 1.54) is 32.4 Å². The molecule has 0 amide bonds. The third kappa shape index (κ3) is 2.66. The summed E-state index contributed by atoms with van der Waals surface area (Å²) in [7, 11) is 0. The highest BCUT2D eigenvalue weighted by atomic mass is 14.9. The molecule has 0 saturated carbocycles. The second-order valence-corrected chi connectivity index (χ2v) is 3.55. The lowest BCUT2D eigenvalue weighted by molar-refractivity contribution is 0.390. The van der Waals surface area contributed by atoms with E-state index in [0.29, 0.717) is 5.92 Å². The van der Waals surface area contributed by atoms with Gasteiger partial charge in [0.15, 0.2) is 0 Å². The van der Waals surface area contributed by atoms with Crippen LogP contribution in [0.3, 0.4) is 0 Å². The van der Waals surface area contributed by atoms with Gasteiger partial charge in [-0.05, 0) is 37.8 Å². The van der Waals surface area contributed by atoms with Crippen LogP contribution in [0.5, 0.6) is 0 Å². The molecule has 1 heteroatoms. The molecule has 1 N–H and O–H groups in total. The molecule has 1 saturated heterocycles. The lowest BCUT2D eigenvalue weighted by Gasteiger charge is -2.18. The van der Waals surface area contributed by atoms with Crippen LogP contribution in [-0.4, -0.2) is 13.1 Å². The van der Waals surface area contributed by atoms with Crippen molar-refractivity contribution in [2.45, 2.75) is 26.2 Å². The summed E-state index contributed by atoms with van der Waals surface area (Å²) in [6.45, 7) is 8.50. The molecule has 2 unspecified atom stereocenters. The molecule has 0 aromatic carbocycles. The van der Waals surface area contributed by atoms with Gasteiger partial charge in [0.25, 0.3) is 0 Å². The van der Waals surface area contributed by atoms with Crippen molar-refractivity contribution in [1.82, 2.24) is 5.32 Å². The first kappa shape index (κ1) is 8.79. The van der Waals surface area contributed by atoms with E-state index in [4.69, 9.17) is 0 Å². The molecule has 64 valence electrons. The molecule has 0 aromatic rings. The second kappa shape index (κ2) is 4.55. The Balaban J connectivity index is 2.35. The smallest absolute Gasteiger partial charge is 0.00150 e. The number of nitrogens with one attached hydrogen (secondary N) is 1. The predicted molar refractivity (Wildman–Crippen MR) is 49.6 cm³/mol. The third-order valence-electron chi connectivity index (χ3n) is 2.70. The summed E-state index contributed by atoms with van der Waals surface area (Å²) in [5.41, 5.74) is 0. The Morgan fingerprint density at radius 1 is 1.55 bits per heavy atom. The maximum absolute atomic E-state index is 3.84. The average molecular weight is 153 g/mol. The summed E-state index contributed by atoms with van der Waals surface area (Å²) in [5.74, 6) is 1.51. The van der Waals surface area contributed by atoms with Crippen molar-refractivity contribution in [3.05, 3.63) is 12.7 Å². The van der Waals surface area contributed by atoms with Crippen LogP contribution in [0.2, 0.25) is 0 Å². The SMILES string of the molecule is C=CC(C)C1CCCCNC1. The van der Waals surface area contributed by atoms with Crippen molar-refractivity contribution in [3.8, 4) is 0 Å². The minimum absolute atomic E-state index is 0.681. The molecule has 0 radical (unpaired) electrons. The summed E-state index contributed by atoms with van der Waals surface area (Å²) in [6.07, 6.45) is 6.19. The third-order valence-corrected chi connectivity index (χ3v) is 2.70. The molecule has 11 heavy (non-hydrogen) atoms. The zero-order chi connectivity index (χ0) is 8.10. The van der Waals surface area contributed by atoms with E-state index >= 15 is 0 Å². The van der Waals surface area contributed by atoms with E-state index in [0.717, 1.165) is 5.92 Å². The van der Waals surface area contributed by atoms with Gasteiger partial charge in [0.1, 0.15) is 0 Å². The molecule has 0 aromatic heterocycles. The van der Waals surface area contributed by atoms with Crippen LogP contribution in [0.25, 0.3) is 0 Å². The fourth-order valence-corrected chi connectivity index (χ4v) is 1.69. The van der Waals surface area contributed by atoms with E-state index in [1.807, 2.05) is 0 Å². The maximum Gasteiger partial charge on any atom is -0.00150 e. The highest BCUT2D eigenvalue weighted by molar-refractivity contribution is 4.83. The van der Waals surface area contributed by atoms with Crippen molar-refractivity contribution in [1.29, 1.82) is 0 Å². The van der Waals surface area contributed by atoms with Crippen LogP contribution >= 0.6 is 0 Å². The van der Waals surface area contributed by atoms with Gasteiger partial charge in [-0.15, -0.1) is 6.58 Å². The monoisotopic (exact) mass is 153 g/mol. The Morgan fingerprint density at radius 2 is 2.36 bits per heavy atom. The number of allylic oxidation sites excluding steroid dienone is 1. The van der Waals surface area contributed by atoms with Gasteiger partial charge in [-0.3, -0.25) is 0 Å². The molecule has 1 rings (SSSR count). The van der Waals surface area contributed by atoms with Gasteiger partial charge in [0.2, 0.25) is 0 Å². The molecule has 1 aliphatic rings. The molecule has 0 aliphatic carbocycles.